The molecule has 0 atom stereocenters. The van der Waals surface area contributed by atoms with Crippen molar-refractivity contribution in [1.29, 1.82) is 0 Å². The van der Waals surface area contributed by atoms with Crippen molar-refractivity contribution in [3.05, 3.63) is 0 Å². The van der Waals surface area contributed by atoms with Gasteiger partial charge < -0.3 is 5.73 Å². The third-order valence-corrected chi connectivity index (χ3v) is 3.98. The molecule has 0 heterocycles. The summed E-state index contributed by atoms with van der Waals surface area (Å²) in [7, 11) is 0. The van der Waals surface area contributed by atoms with Crippen LogP contribution in [0.4, 0.5) is 0 Å². The lowest BCUT2D eigenvalue weighted by molar-refractivity contribution is 0.0519. The standard InChI is InChI=1S/C9H17N/c1-8(5-6-8)9(7-10)3-2-4-9/h2-7,10H2,1H3. The summed E-state index contributed by atoms with van der Waals surface area (Å²) in [5, 5.41) is 0. The van der Waals surface area contributed by atoms with Gasteiger partial charge in [0.05, 0.1) is 0 Å². The highest BCUT2D eigenvalue weighted by molar-refractivity contribution is 5.08. The molecule has 0 unspecified atom stereocenters. The van der Waals surface area contributed by atoms with Crippen LogP contribution in [0.5, 0.6) is 0 Å². The number of nitrogens with two attached hydrogens (primary N) is 1. The van der Waals surface area contributed by atoms with Gasteiger partial charge in [-0.1, -0.05) is 13.3 Å². The second kappa shape index (κ2) is 1.76. The first-order valence-corrected chi connectivity index (χ1v) is 4.43. The van der Waals surface area contributed by atoms with Gasteiger partial charge in [-0.25, -0.2) is 0 Å². The highest BCUT2D eigenvalue weighted by atomic mass is 14.7. The molecule has 2 rings (SSSR count). The summed E-state index contributed by atoms with van der Waals surface area (Å²) < 4.78 is 0. The first-order chi connectivity index (χ1) is 4.72. The molecule has 0 spiro atoms. The zero-order valence-electron chi connectivity index (χ0n) is 6.82. The molecule has 2 fully saturated rings. The van der Waals surface area contributed by atoms with Gasteiger partial charge in [0.1, 0.15) is 0 Å². The Balaban J connectivity index is 2.11. The number of rotatable bonds is 2. The van der Waals surface area contributed by atoms with Crippen molar-refractivity contribution in [2.24, 2.45) is 16.6 Å². The summed E-state index contributed by atoms with van der Waals surface area (Å²) in [5.41, 5.74) is 7.05. The van der Waals surface area contributed by atoms with Gasteiger partial charge in [0.25, 0.3) is 0 Å². The Bertz CT molecular complexity index is 137. The van der Waals surface area contributed by atoms with Gasteiger partial charge >= 0.3 is 0 Å². The first kappa shape index (κ1) is 6.66. The molecule has 0 amide bonds. The predicted octanol–water partition coefficient (Wildman–Crippen LogP) is 1.92. The van der Waals surface area contributed by atoms with Crippen molar-refractivity contribution in [3.63, 3.8) is 0 Å². The third kappa shape index (κ3) is 0.619. The van der Waals surface area contributed by atoms with Crippen LogP contribution in [0.2, 0.25) is 0 Å². The largest absolute Gasteiger partial charge is 0.330 e. The van der Waals surface area contributed by atoms with Gasteiger partial charge in [-0.05, 0) is 43.1 Å². The van der Waals surface area contributed by atoms with E-state index in [4.69, 9.17) is 5.73 Å². The molecule has 2 saturated carbocycles. The van der Waals surface area contributed by atoms with E-state index in [9.17, 15) is 0 Å². The normalized spacial score (nSPS) is 33.0. The van der Waals surface area contributed by atoms with Gasteiger partial charge in [0.15, 0.2) is 0 Å². The summed E-state index contributed by atoms with van der Waals surface area (Å²) in [6.07, 6.45) is 7.10. The number of hydrogen-bond acceptors (Lipinski definition) is 1. The fraction of sp³-hybridized carbons (Fsp3) is 1.00. The molecule has 2 aliphatic carbocycles. The molecule has 0 aliphatic heterocycles. The van der Waals surface area contributed by atoms with Crippen molar-refractivity contribution < 1.29 is 0 Å². The Morgan fingerprint density at radius 2 is 1.80 bits per heavy atom. The zero-order chi connectivity index (χ0) is 7.24. The van der Waals surface area contributed by atoms with Gasteiger partial charge in [-0.3, -0.25) is 0 Å². The van der Waals surface area contributed by atoms with Crippen LogP contribution in [0.25, 0.3) is 0 Å². The van der Waals surface area contributed by atoms with Crippen molar-refractivity contribution in [1.82, 2.24) is 0 Å². The minimum Gasteiger partial charge on any atom is -0.330 e. The van der Waals surface area contributed by atoms with E-state index >= 15 is 0 Å². The molecular formula is C9H17N. The van der Waals surface area contributed by atoms with Crippen LogP contribution in [0, 0.1) is 10.8 Å². The topological polar surface area (TPSA) is 26.0 Å². The van der Waals surface area contributed by atoms with E-state index in [1.54, 1.807) is 0 Å². The van der Waals surface area contributed by atoms with E-state index in [0.29, 0.717) is 10.8 Å². The second-order valence-corrected chi connectivity index (χ2v) is 4.40. The Labute approximate surface area is 63.0 Å². The number of hydrogen-bond donors (Lipinski definition) is 1. The zero-order valence-corrected chi connectivity index (χ0v) is 6.82. The maximum Gasteiger partial charge on any atom is -0.00153 e. The van der Waals surface area contributed by atoms with E-state index in [1.165, 1.54) is 32.1 Å². The molecule has 58 valence electrons. The molecule has 0 radical (unpaired) electrons. The molecule has 0 saturated heterocycles. The maximum atomic E-state index is 5.79. The molecule has 0 bridgehead atoms. The first-order valence-electron chi connectivity index (χ1n) is 4.43. The SMILES string of the molecule is CC1(C2(CN)CCC2)CC1. The van der Waals surface area contributed by atoms with Crippen molar-refractivity contribution >= 4 is 0 Å². The molecule has 2 aliphatic rings. The van der Waals surface area contributed by atoms with Crippen LogP contribution in [0.15, 0.2) is 0 Å². The van der Waals surface area contributed by atoms with Gasteiger partial charge in [-0.15, -0.1) is 0 Å². The van der Waals surface area contributed by atoms with Gasteiger partial charge in [0, 0.05) is 0 Å². The minimum absolute atomic E-state index is 0.590. The van der Waals surface area contributed by atoms with Gasteiger partial charge in [-0.2, -0.15) is 0 Å². The van der Waals surface area contributed by atoms with Crippen LogP contribution in [0.3, 0.4) is 0 Å². The van der Waals surface area contributed by atoms with Crippen LogP contribution >= 0.6 is 0 Å². The summed E-state index contributed by atoms with van der Waals surface area (Å²) in [4.78, 5) is 0. The van der Waals surface area contributed by atoms with E-state index in [-0.39, 0.29) is 0 Å². The molecule has 10 heavy (non-hydrogen) atoms. The van der Waals surface area contributed by atoms with Crippen molar-refractivity contribution in [2.75, 3.05) is 6.54 Å². The third-order valence-electron chi connectivity index (χ3n) is 3.98. The molecule has 0 aromatic rings. The van der Waals surface area contributed by atoms with Crippen LogP contribution in [-0.2, 0) is 0 Å². The Kier molecular flexibility index (Phi) is 1.17. The summed E-state index contributed by atoms with van der Waals surface area (Å²) in [6.45, 7) is 3.35. The van der Waals surface area contributed by atoms with E-state index in [1.807, 2.05) is 0 Å². The summed E-state index contributed by atoms with van der Waals surface area (Å²) in [6, 6.07) is 0. The highest BCUT2D eigenvalue weighted by Crippen LogP contribution is 2.65. The van der Waals surface area contributed by atoms with Gasteiger partial charge in [0.2, 0.25) is 0 Å². The molecule has 2 N–H and O–H groups in total. The monoisotopic (exact) mass is 139 g/mol. The van der Waals surface area contributed by atoms with E-state index in [0.717, 1.165) is 6.54 Å². The Morgan fingerprint density at radius 1 is 1.20 bits per heavy atom. The van der Waals surface area contributed by atoms with Crippen LogP contribution in [0.1, 0.15) is 39.0 Å². The Hall–Kier alpha value is -0.0400. The van der Waals surface area contributed by atoms with Crippen LogP contribution < -0.4 is 5.73 Å². The van der Waals surface area contributed by atoms with E-state index in [2.05, 4.69) is 6.92 Å². The lowest BCUT2D eigenvalue weighted by Crippen LogP contribution is -2.43. The van der Waals surface area contributed by atoms with Crippen molar-refractivity contribution in [3.8, 4) is 0 Å². The second-order valence-electron chi connectivity index (χ2n) is 4.40. The lowest BCUT2D eigenvalue weighted by atomic mass is 9.59. The molecular weight excluding hydrogens is 122 g/mol. The summed E-state index contributed by atoms with van der Waals surface area (Å²) >= 11 is 0. The summed E-state index contributed by atoms with van der Waals surface area (Å²) in [5.74, 6) is 0. The average Bonchev–Trinajstić information content (AvgIpc) is 2.47. The molecule has 0 aromatic carbocycles. The smallest absolute Gasteiger partial charge is 0.00153 e. The maximum absolute atomic E-state index is 5.79. The fourth-order valence-electron chi connectivity index (χ4n) is 2.38. The van der Waals surface area contributed by atoms with Crippen molar-refractivity contribution in [2.45, 2.75) is 39.0 Å². The lowest BCUT2D eigenvalue weighted by Gasteiger charge is -2.46. The predicted molar refractivity (Wildman–Crippen MR) is 42.7 cm³/mol. The quantitative estimate of drug-likeness (QED) is 0.621. The highest BCUT2D eigenvalue weighted by Gasteiger charge is 2.57. The van der Waals surface area contributed by atoms with Crippen LogP contribution in [-0.4, -0.2) is 6.54 Å². The molecule has 0 aromatic heterocycles. The molecule has 1 nitrogen and oxygen atoms in total. The minimum atomic E-state index is 0.590. The Morgan fingerprint density at radius 3 is 1.90 bits per heavy atom. The van der Waals surface area contributed by atoms with E-state index < -0.39 is 0 Å². The fourth-order valence-corrected chi connectivity index (χ4v) is 2.38. The average molecular weight is 139 g/mol. The molecule has 1 heteroatoms.